The Balaban J connectivity index is 1.38. The summed E-state index contributed by atoms with van der Waals surface area (Å²) in [6.07, 6.45) is 3.67. The van der Waals surface area contributed by atoms with Gasteiger partial charge < -0.3 is 29.2 Å². The van der Waals surface area contributed by atoms with Gasteiger partial charge in [0.2, 0.25) is 6.29 Å². The van der Waals surface area contributed by atoms with Gasteiger partial charge in [-0.15, -0.1) is 0 Å². The van der Waals surface area contributed by atoms with Gasteiger partial charge in [0.05, 0.1) is 23.7 Å². The number of carbonyl (C=O) groups excluding carboxylic acids is 2. The predicted octanol–water partition coefficient (Wildman–Crippen LogP) is 3.73. The molecule has 2 aromatic carbocycles. The molecule has 10 nitrogen and oxygen atoms in total. The highest BCUT2D eigenvalue weighted by molar-refractivity contribution is 5.92. The molecule has 0 aliphatic carbocycles. The summed E-state index contributed by atoms with van der Waals surface area (Å²) < 4.78 is 18.8. The molecule has 218 valence electrons. The minimum absolute atomic E-state index is 0.0101. The van der Waals surface area contributed by atoms with E-state index >= 15 is 0 Å². The topological polar surface area (TPSA) is 123 Å². The molecular formula is C31H37N3O7. The summed E-state index contributed by atoms with van der Waals surface area (Å²) in [7, 11) is 1.34. The Morgan fingerprint density at radius 3 is 2.51 bits per heavy atom. The SMILES string of the molecule is CCO[C@H]1OC(C(=O)N2CCC(n3c(=O)[nH]c4ccccc43)CC2)=C[C@@H](c2ccc(C(=O)OC)cc2)[C@@H]1CCCO. The van der Waals surface area contributed by atoms with Gasteiger partial charge in [-0.2, -0.15) is 0 Å². The summed E-state index contributed by atoms with van der Waals surface area (Å²) in [5, 5.41) is 9.54. The number of hydrogen-bond donors (Lipinski definition) is 2. The number of piperidine rings is 1. The number of aromatic nitrogens is 2. The summed E-state index contributed by atoms with van der Waals surface area (Å²) in [4.78, 5) is 43.1. The van der Waals surface area contributed by atoms with Crippen molar-refractivity contribution >= 4 is 22.9 Å². The van der Waals surface area contributed by atoms with E-state index in [4.69, 9.17) is 14.2 Å². The predicted molar refractivity (Wildman–Crippen MR) is 152 cm³/mol. The molecule has 1 aromatic heterocycles. The average molecular weight is 564 g/mol. The molecule has 2 aliphatic rings. The molecule has 3 heterocycles. The van der Waals surface area contributed by atoms with E-state index in [2.05, 4.69) is 4.98 Å². The van der Waals surface area contributed by atoms with Gasteiger partial charge in [-0.25, -0.2) is 9.59 Å². The number of hydrogen-bond acceptors (Lipinski definition) is 7. The first kappa shape index (κ1) is 28.6. The molecule has 1 amide bonds. The summed E-state index contributed by atoms with van der Waals surface area (Å²) in [6.45, 7) is 3.29. The number of ether oxygens (including phenoxy) is 3. The number of allylic oxidation sites excluding steroid dienone is 1. The third-order valence-electron chi connectivity index (χ3n) is 8.08. The molecule has 5 rings (SSSR count). The fraction of sp³-hybridized carbons (Fsp3) is 0.452. The van der Waals surface area contributed by atoms with E-state index in [0.29, 0.717) is 50.9 Å². The summed E-state index contributed by atoms with van der Waals surface area (Å²) in [6, 6.07) is 14.8. The second-order valence-corrected chi connectivity index (χ2v) is 10.5. The van der Waals surface area contributed by atoms with Crippen molar-refractivity contribution < 1.29 is 28.9 Å². The number of amides is 1. The fourth-order valence-corrected chi connectivity index (χ4v) is 6.02. The smallest absolute Gasteiger partial charge is 0.337 e. The van der Waals surface area contributed by atoms with Gasteiger partial charge in [0.1, 0.15) is 0 Å². The van der Waals surface area contributed by atoms with E-state index in [0.717, 1.165) is 16.6 Å². The number of aromatic amines is 1. The van der Waals surface area contributed by atoms with Crippen LogP contribution in [0.15, 0.2) is 65.2 Å². The standard InChI is InChI=1S/C31H37N3O7/c1-3-40-30-23(7-6-18-35)24(20-10-12-21(13-11-20)29(37)39-2)19-27(41-30)28(36)33-16-14-22(15-17-33)34-26-9-5-4-8-25(26)32-31(34)38/h4-5,8-13,19,22-24,30,35H,3,6-7,14-18H2,1-2H3,(H,32,38)/t23-,24-,30-/m0/s1. The van der Waals surface area contributed by atoms with E-state index in [1.54, 1.807) is 21.6 Å². The van der Waals surface area contributed by atoms with Gasteiger partial charge in [-0.05, 0) is 68.5 Å². The fourth-order valence-electron chi connectivity index (χ4n) is 6.02. The van der Waals surface area contributed by atoms with Gasteiger partial charge in [-0.1, -0.05) is 24.3 Å². The van der Waals surface area contributed by atoms with Crippen molar-refractivity contribution in [2.24, 2.45) is 5.92 Å². The van der Waals surface area contributed by atoms with Crippen LogP contribution in [-0.4, -0.2) is 71.1 Å². The van der Waals surface area contributed by atoms with Crippen LogP contribution in [0.5, 0.6) is 0 Å². The van der Waals surface area contributed by atoms with Crippen LogP contribution in [0, 0.1) is 5.92 Å². The van der Waals surface area contributed by atoms with Crippen molar-refractivity contribution in [1.82, 2.24) is 14.5 Å². The van der Waals surface area contributed by atoms with E-state index in [9.17, 15) is 19.5 Å². The van der Waals surface area contributed by atoms with Gasteiger partial charge in [-0.3, -0.25) is 9.36 Å². The Morgan fingerprint density at radius 2 is 1.83 bits per heavy atom. The molecule has 3 atom stereocenters. The van der Waals surface area contributed by atoms with Crippen molar-refractivity contribution in [3.8, 4) is 0 Å². The number of H-pyrrole nitrogens is 1. The molecular weight excluding hydrogens is 526 g/mol. The van der Waals surface area contributed by atoms with E-state index in [1.165, 1.54) is 7.11 Å². The van der Waals surface area contributed by atoms with E-state index in [-0.39, 0.29) is 41.8 Å². The van der Waals surface area contributed by atoms with Crippen LogP contribution in [0.3, 0.4) is 0 Å². The highest BCUT2D eigenvalue weighted by Crippen LogP contribution is 2.40. The Kier molecular flexibility index (Phi) is 8.90. The number of benzene rings is 2. The van der Waals surface area contributed by atoms with Crippen molar-refractivity contribution in [3.63, 3.8) is 0 Å². The Morgan fingerprint density at radius 1 is 1.10 bits per heavy atom. The maximum atomic E-state index is 13.8. The first-order valence-corrected chi connectivity index (χ1v) is 14.2. The van der Waals surface area contributed by atoms with Crippen molar-refractivity contribution in [2.75, 3.05) is 33.4 Å². The van der Waals surface area contributed by atoms with Gasteiger partial charge in [0.25, 0.3) is 5.91 Å². The zero-order valence-electron chi connectivity index (χ0n) is 23.5. The molecule has 1 saturated heterocycles. The van der Waals surface area contributed by atoms with Crippen LogP contribution in [0.1, 0.15) is 60.5 Å². The number of aliphatic hydroxyl groups excluding tert-OH is 1. The highest BCUT2D eigenvalue weighted by Gasteiger charge is 2.39. The number of nitrogens with one attached hydrogen (secondary N) is 1. The molecule has 3 aromatic rings. The number of likely N-dealkylation sites (tertiary alicyclic amines) is 1. The molecule has 10 heteroatoms. The van der Waals surface area contributed by atoms with Crippen LogP contribution in [0.4, 0.5) is 0 Å². The molecule has 1 fully saturated rings. The molecule has 0 unspecified atom stereocenters. The lowest BCUT2D eigenvalue weighted by atomic mass is 9.80. The van der Waals surface area contributed by atoms with Crippen LogP contribution in [0.2, 0.25) is 0 Å². The zero-order valence-corrected chi connectivity index (χ0v) is 23.5. The lowest BCUT2D eigenvalue weighted by Gasteiger charge is -2.39. The largest absolute Gasteiger partial charge is 0.465 e. The number of carbonyl (C=O) groups is 2. The molecule has 0 spiro atoms. The first-order chi connectivity index (χ1) is 19.9. The second-order valence-electron chi connectivity index (χ2n) is 10.5. The Bertz CT molecular complexity index is 1450. The number of imidazole rings is 1. The van der Waals surface area contributed by atoms with Gasteiger partial charge in [0.15, 0.2) is 5.76 Å². The van der Waals surface area contributed by atoms with E-state index in [1.807, 2.05) is 49.4 Å². The van der Waals surface area contributed by atoms with E-state index < -0.39 is 12.3 Å². The lowest BCUT2D eigenvalue weighted by Crippen LogP contribution is -2.44. The zero-order chi connectivity index (χ0) is 28.9. The average Bonchev–Trinajstić information content (AvgIpc) is 3.35. The van der Waals surface area contributed by atoms with Crippen LogP contribution in [0.25, 0.3) is 11.0 Å². The van der Waals surface area contributed by atoms with Crippen LogP contribution < -0.4 is 5.69 Å². The third-order valence-corrected chi connectivity index (χ3v) is 8.08. The van der Waals surface area contributed by atoms with Crippen molar-refractivity contribution in [3.05, 3.63) is 82.0 Å². The summed E-state index contributed by atoms with van der Waals surface area (Å²) in [5.41, 5.74) is 2.89. The summed E-state index contributed by atoms with van der Waals surface area (Å²) in [5.74, 6) is -0.760. The van der Waals surface area contributed by atoms with Gasteiger partial charge >= 0.3 is 11.7 Å². The van der Waals surface area contributed by atoms with Gasteiger partial charge in [0, 0.05) is 44.2 Å². The Hall–Kier alpha value is -3.89. The Labute approximate surface area is 238 Å². The molecule has 0 bridgehead atoms. The number of nitrogens with zero attached hydrogens (tertiary/aromatic N) is 2. The molecule has 2 aliphatic heterocycles. The maximum Gasteiger partial charge on any atom is 0.337 e. The molecule has 2 N–H and O–H groups in total. The second kappa shape index (κ2) is 12.7. The van der Waals surface area contributed by atoms with Crippen molar-refractivity contribution in [2.45, 2.75) is 50.9 Å². The molecule has 0 radical (unpaired) electrons. The monoisotopic (exact) mass is 563 g/mol. The van der Waals surface area contributed by atoms with Crippen LogP contribution >= 0.6 is 0 Å². The molecule has 41 heavy (non-hydrogen) atoms. The number of rotatable bonds is 9. The maximum absolute atomic E-state index is 13.8. The summed E-state index contributed by atoms with van der Waals surface area (Å²) >= 11 is 0. The first-order valence-electron chi connectivity index (χ1n) is 14.2. The number of fused-ring (bicyclic) bond motifs is 1. The number of aliphatic hydroxyl groups is 1. The highest BCUT2D eigenvalue weighted by atomic mass is 16.7. The quantitative estimate of drug-likeness (QED) is 0.380. The normalized spacial score (nSPS) is 21.4. The van der Waals surface area contributed by atoms with Crippen LogP contribution in [-0.2, 0) is 19.0 Å². The lowest BCUT2D eigenvalue weighted by molar-refractivity contribution is -0.170. The third kappa shape index (κ3) is 5.94. The number of para-hydroxylation sites is 2. The molecule has 0 saturated carbocycles. The minimum atomic E-state index is -0.664. The number of methoxy groups -OCH3 is 1. The van der Waals surface area contributed by atoms with Crippen molar-refractivity contribution in [1.29, 1.82) is 0 Å². The minimum Gasteiger partial charge on any atom is -0.465 e. The number of esters is 1.